The van der Waals surface area contributed by atoms with E-state index in [1.165, 1.54) is 0 Å². The van der Waals surface area contributed by atoms with Crippen LogP contribution in [0.5, 0.6) is 0 Å². The van der Waals surface area contributed by atoms with Gasteiger partial charge in [-0.3, -0.25) is 9.59 Å². The Morgan fingerprint density at radius 1 is 1.12 bits per heavy atom. The molecule has 2 aliphatic heterocycles. The fraction of sp³-hybridized carbons (Fsp3) is 0.840. The van der Waals surface area contributed by atoms with Gasteiger partial charge in [0.25, 0.3) is 0 Å². The quantitative estimate of drug-likeness (QED) is 0.654. The monoisotopic (exact) mass is 453 g/mol. The lowest BCUT2D eigenvalue weighted by atomic mass is 9.84. The number of ketones is 1. The van der Waals surface area contributed by atoms with Crippen molar-refractivity contribution in [2.24, 2.45) is 23.7 Å². The Morgan fingerprint density at radius 2 is 1.78 bits per heavy atom. The third-order valence-corrected chi connectivity index (χ3v) is 7.02. The van der Waals surface area contributed by atoms with Crippen LogP contribution in [-0.2, 0) is 23.8 Å². The fourth-order valence-electron chi connectivity index (χ4n) is 4.85. The van der Waals surface area contributed by atoms with E-state index < -0.39 is 24.4 Å². The number of likely N-dealkylation sites (N-methyl/N-ethyl adjacent to an activating group) is 1. The molecule has 0 amide bonds. The second kappa shape index (κ2) is 11.7. The fourth-order valence-corrected chi connectivity index (χ4v) is 4.85. The Balaban J connectivity index is 2.32. The third-order valence-electron chi connectivity index (χ3n) is 7.02. The number of rotatable bonds is 4. The smallest absolute Gasteiger partial charge is 0.311 e. The first kappa shape index (κ1) is 27.0. The summed E-state index contributed by atoms with van der Waals surface area (Å²) in [4.78, 5) is 27.7. The van der Waals surface area contributed by atoms with Gasteiger partial charge in [0.15, 0.2) is 12.1 Å². The maximum absolute atomic E-state index is 13.1. The summed E-state index contributed by atoms with van der Waals surface area (Å²) in [6.45, 7) is 11.6. The molecule has 4 unspecified atom stereocenters. The molecule has 1 fully saturated rings. The number of carbonyl (C=O) groups excluding carboxylic acids is 2. The normalized spacial score (nSPS) is 43.3. The van der Waals surface area contributed by atoms with E-state index in [1.54, 1.807) is 13.0 Å². The van der Waals surface area contributed by atoms with Crippen molar-refractivity contribution in [1.29, 1.82) is 0 Å². The van der Waals surface area contributed by atoms with Crippen molar-refractivity contribution >= 4 is 11.8 Å². The van der Waals surface area contributed by atoms with Crippen LogP contribution in [0.1, 0.15) is 60.8 Å². The number of ether oxygens (including phenoxy) is 3. The van der Waals surface area contributed by atoms with Crippen molar-refractivity contribution in [3.63, 3.8) is 0 Å². The molecule has 0 aromatic rings. The summed E-state index contributed by atoms with van der Waals surface area (Å²) in [6, 6.07) is -0.108. The first-order valence-corrected chi connectivity index (χ1v) is 12.0. The van der Waals surface area contributed by atoms with Gasteiger partial charge in [0, 0.05) is 17.9 Å². The highest BCUT2D eigenvalue weighted by Gasteiger charge is 2.42. The van der Waals surface area contributed by atoms with Crippen molar-refractivity contribution in [3.05, 3.63) is 12.2 Å². The second-order valence-electron chi connectivity index (χ2n) is 10.1. The molecular weight excluding hydrogens is 410 g/mol. The zero-order valence-corrected chi connectivity index (χ0v) is 21.0. The van der Waals surface area contributed by atoms with Crippen molar-refractivity contribution < 1.29 is 28.9 Å². The van der Waals surface area contributed by atoms with Crippen molar-refractivity contribution in [3.8, 4) is 0 Å². The Hall–Kier alpha value is -1.28. The van der Waals surface area contributed by atoms with Gasteiger partial charge in [-0.2, -0.15) is 0 Å². The average molecular weight is 454 g/mol. The minimum atomic E-state index is -0.853. The van der Waals surface area contributed by atoms with E-state index in [0.29, 0.717) is 19.3 Å². The second-order valence-corrected chi connectivity index (χ2v) is 10.1. The molecule has 0 aliphatic carbocycles. The molecule has 2 rings (SSSR count). The van der Waals surface area contributed by atoms with E-state index in [9.17, 15) is 14.7 Å². The predicted octanol–water partition coefficient (Wildman–Crippen LogP) is 3.19. The van der Waals surface area contributed by atoms with Gasteiger partial charge in [-0.05, 0) is 59.2 Å². The van der Waals surface area contributed by atoms with Crippen LogP contribution in [0.25, 0.3) is 0 Å². The van der Waals surface area contributed by atoms with Crippen LogP contribution in [0.3, 0.4) is 0 Å². The molecule has 0 saturated carbocycles. The topological polar surface area (TPSA) is 85.3 Å². The van der Waals surface area contributed by atoms with Gasteiger partial charge in [-0.15, -0.1) is 0 Å². The van der Waals surface area contributed by atoms with E-state index in [-0.39, 0.29) is 47.8 Å². The molecule has 7 heteroatoms. The van der Waals surface area contributed by atoms with E-state index >= 15 is 0 Å². The number of carbonyl (C=O) groups is 2. The summed E-state index contributed by atoms with van der Waals surface area (Å²) in [7, 11) is 3.85. The highest BCUT2D eigenvalue weighted by molar-refractivity contribution is 5.91. The van der Waals surface area contributed by atoms with Crippen molar-refractivity contribution in [2.75, 3.05) is 14.1 Å². The molecule has 32 heavy (non-hydrogen) atoms. The zero-order chi connectivity index (χ0) is 24.2. The molecule has 184 valence electrons. The van der Waals surface area contributed by atoms with Gasteiger partial charge in [-0.1, -0.05) is 33.8 Å². The van der Waals surface area contributed by atoms with Crippen molar-refractivity contribution in [2.45, 2.75) is 97.6 Å². The number of hydrogen-bond donors (Lipinski definition) is 1. The first-order valence-electron chi connectivity index (χ1n) is 12.0. The molecule has 0 aromatic heterocycles. The van der Waals surface area contributed by atoms with Crippen LogP contribution < -0.4 is 0 Å². The van der Waals surface area contributed by atoms with Crippen LogP contribution >= 0.6 is 0 Å². The summed E-state index contributed by atoms with van der Waals surface area (Å²) in [5, 5.41) is 10.9. The van der Waals surface area contributed by atoms with Crippen LogP contribution in [0.15, 0.2) is 12.2 Å². The molecule has 2 heterocycles. The predicted molar refractivity (Wildman–Crippen MR) is 123 cm³/mol. The summed E-state index contributed by atoms with van der Waals surface area (Å²) in [5.74, 6) is -1.21. The standard InChI is InChI=1S/C25H43NO6/c1-9-21-14(2)10-11-20(27)15(3)12-16(4)23(18(6)24(29)31-21)32-25-22(28)19(26(7)8)13-17(5)30-25/h10-11,14-19,21-23,25,28H,9,12-13H2,1-8H3/b11-10+/t14-,15-,16+,17?,18-,19?,21-,22?,23+,25?/m1/s1. The maximum atomic E-state index is 13.1. The molecule has 0 aromatic carbocycles. The number of aliphatic hydroxyl groups excluding tert-OH is 1. The molecule has 7 nitrogen and oxygen atoms in total. The molecule has 0 spiro atoms. The Bertz CT molecular complexity index is 665. The SMILES string of the molecule is CC[C@H]1OC(=O)[C@H](C)[C@@H](OC2OC(C)CC(N(C)C)C2O)[C@@H](C)C[C@@H](C)C(=O)/C=C/[C@H]1C. The highest BCUT2D eigenvalue weighted by Crippen LogP contribution is 2.32. The summed E-state index contributed by atoms with van der Waals surface area (Å²) >= 11 is 0. The Morgan fingerprint density at radius 3 is 2.38 bits per heavy atom. The van der Waals surface area contributed by atoms with E-state index in [4.69, 9.17) is 14.2 Å². The van der Waals surface area contributed by atoms with E-state index in [2.05, 4.69) is 0 Å². The van der Waals surface area contributed by atoms with Gasteiger partial charge in [0.2, 0.25) is 0 Å². The number of cyclic esters (lactones) is 1. The van der Waals surface area contributed by atoms with E-state index in [1.807, 2.05) is 59.7 Å². The number of esters is 1. The molecule has 0 bridgehead atoms. The number of nitrogens with zero attached hydrogens (tertiary/aromatic N) is 1. The minimum Gasteiger partial charge on any atom is -0.461 e. The Labute approximate surface area is 193 Å². The largest absolute Gasteiger partial charge is 0.461 e. The van der Waals surface area contributed by atoms with Crippen LogP contribution in [0.2, 0.25) is 0 Å². The van der Waals surface area contributed by atoms with E-state index in [0.717, 1.165) is 0 Å². The molecular formula is C25H43NO6. The average Bonchev–Trinajstić information content (AvgIpc) is 2.73. The molecule has 0 radical (unpaired) electrons. The third kappa shape index (κ3) is 6.62. The lowest BCUT2D eigenvalue weighted by Gasteiger charge is -2.43. The molecule has 2 aliphatic rings. The van der Waals surface area contributed by atoms with Crippen LogP contribution in [-0.4, -0.2) is 72.6 Å². The zero-order valence-electron chi connectivity index (χ0n) is 21.0. The summed E-state index contributed by atoms with van der Waals surface area (Å²) in [5.41, 5.74) is 0. The summed E-state index contributed by atoms with van der Waals surface area (Å²) in [6.07, 6.45) is 2.73. The number of allylic oxidation sites excluding steroid dienone is 1. The molecule has 1 saturated heterocycles. The lowest BCUT2D eigenvalue weighted by molar-refractivity contribution is -0.279. The Kier molecular flexibility index (Phi) is 9.88. The van der Waals surface area contributed by atoms with Gasteiger partial charge in [0.05, 0.1) is 18.1 Å². The van der Waals surface area contributed by atoms with Gasteiger partial charge in [0.1, 0.15) is 12.2 Å². The molecule has 10 atom stereocenters. The first-order chi connectivity index (χ1) is 15.0. The van der Waals surface area contributed by atoms with Crippen LogP contribution in [0, 0.1) is 23.7 Å². The van der Waals surface area contributed by atoms with Crippen LogP contribution in [0.4, 0.5) is 0 Å². The maximum Gasteiger partial charge on any atom is 0.311 e. The number of aliphatic hydroxyl groups is 1. The van der Waals surface area contributed by atoms with Gasteiger partial charge < -0.3 is 24.2 Å². The van der Waals surface area contributed by atoms with Crippen molar-refractivity contribution in [1.82, 2.24) is 4.90 Å². The van der Waals surface area contributed by atoms with Gasteiger partial charge in [-0.25, -0.2) is 0 Å². The van der Waals surface area contributed by atoms with Gasteiger partial charge >= 0.3 is 5.97 Å². The summed E-state index contributed by atoms with van der Waals surface area (Å²) < 4.78 is 18.2. The minimum absolute atomic E-state index is 0.0614. The molecule has 1 N–H and O–H groups in total. The highest BCUT2D eigenvalue weighted by atomic mass is 16.7. The lowest BCUT2D eigenvalue weighted by Crippen LogP contribution is -2.56. The number of hydrogen-bond acceptors (Lipinski definition) is 7.